The maximum Gasteiger partial charge on any atom is 0.333 e. The molecule has 2 aromatic rings. The molecule has 0 aliphatic rings. The van der Waals surface area contributed by atoms with Crippen molar-refractivity contribution in [2.75, 3.05) is 12.4 Å². The van der Waals surface area contributed by atoms with Gasteiger partial charge in [-0.2, -0.15) is 0 Å². The number of anilines is 1. The monoisotopic (exact) mass is 353 g/mol. The van der Waals surface area contributed by atoms with E-state index in [1.165, 1.54) is 17.0 Å². The molecule has 2 heterocycles. The van der Waals surface area contributed by atoms with Crippen molar-refractivity contribution in [3.63, 3.8) is 0 Å². The summed E-state index contributed by atoms with van der Waals surface area (Å²) in [6, 6.07) is 1.78. The van der Waals surface area contributed by atoms with Crippen molar-refractivity contribution in [2.24, 2.45) is 0 Å². The number of nitrogens with one attached hydrogen (secondary N) is 1. The lowest BCUT2D eigenvalue weighted by Gasteiger charge is -2.08. The largest absolute Gasteiger partial charge is 0.373 e. The summed E-state index contributed by atoms with van der Waals surface area (Å²) in [6.07, 6.45) is 2.65. The molecule has 0 aliphatic carbocycles. The van der Waals surface area contributed by atoms with Crippen molar-refractivity contribution in [1.82, 2.24) is 14.5 Å². The highest BCUT2D eigenvalue weighted by Crippen LogP contribution is 2.13. The number of aromatic nitrogens is 3. The molecule has 0 aliphatic heterocycles. The smallest absolute Gasteiger partial charge is 0.333 e. The van der Waals surface area contributed by atoms with Crippen molar-refractivity contribution >= 4 is 27.4 Å². The van der Waals surface area contributed by atoms with Crippen LogP contribution in [0.3, 0.4) is 0 Å². The Hall–Kier alpha value is -2.29. The van der Waals surface area contributed by atoms with Crippen LogP contribution in [0.2, 0.25) is 0 Å². The Labute approximate surface area is 128 Å². The van der Waals surface area contributed by atoms with Crippen LogP contribution >= 0.6 is 15.9 Å². The molecule has 9 heteroatoms. The van der Waals surface area contributed by atoms with Gasteiger partial charge < -0.3 is 9.88 Å². The lowest BCUT2D eigenvalue weighted by atomic mass is 10.3. The molecular weight excluding hydrogens is 342 g/mol. The molecule has 0 saturated carbocycles. The second-order valence-electron chi connectivity index (χ2n) is 4.31. The summed E-state index contributed by atoms with van der Waals surface area (Å²) >= 11 is 3.03. The zero-order valence-electron chi connectivity index (χ0n) is 11.3. The average molecular weight is 354 g/mol. The van der Waals surface area contributed by atoms with E-state index in [1.807, 2.05) is 6.92 Å². The highest BCUT2D eigenvalue weighted by Gasteiger charge is 2.16. The van der Waals surface area contributed by atoms with Gasteiger partial charge in [0.25, 0.3) is 5.43 Å². The second kappa shape index (κ2) is 6.00. The third-order valence-corrected chi connectivity index (χ3v) is 3.26. The third-order valence-electron chi connectivity index (χ3n) is 2.69. The third kappa shape index (κ3) is 3.43. The molecule has 21 heavy (non-hydrogen) atoms. The Morgan fingerprint density at radius 2 is 2.14 bits per heavy atom. The van der Waals surface area contributed by atoms with Crippen molar-refractivity contribution in [1.29, 1.82) is 0 Å². The minimum Gasteiger partial charge on any atom is -0.373 e. The Morgan fingerprint density at radius 3 is 2.76 bits per heavy atom. The van der Waals surface area contributed by atoms with Gasteiger partial charge in [0.1, 0.15) is 5.82 Å². The van der Waals surface area contributed by atoms with E-state index in [0.717, 1.165) is 5.69 Å². The zero-order valence-corrected chi connectivity index (χ0v) is 12.9. The molecule has 0 spiro atoms. The predicted molar refractivity (Wildman–Crippen MR) is 80.5 cm³/mol. The molecule has 0 unspecified atom stereocenters. The Kier molecular flexibility index (Phi) is 4.32. The maximum atomic E-state index is 11.6. The lowest BCUT2D eigenvalue weighted by molar-refractivity contribution is -0.386. The van der Waals surface area contributed by atoms with E-state index in [9.17, 15) is 14.9 Å². The minimum atomic E-state index is -0.709. The quantitative estimate of drug-likeness (QED) is 0.662. The summed E-state index contributed by atoms with van der Waals surface area (Å²) in [5.41, 5.74) is -0.373. The van der Waals surface area contributed by atoms with E-state index in [2.05, 4.69) is 31.2 Å². The van der Waals surface area contributed by atoms with Crippen LogP contribution in [-0.4, -0.2) is 26.5 Å². The van der Waals surface area contributed by atoms with Gasteiger partial charge in [0.2, 0.25) is 0 Å². The molecule has 0 saturated heterocycles. The Balaban J connectivity index is 2.42. The van der Waals surface area contributed by atoms with Crippen molar-refractivity contribution in [3.8, 4) is 0 Å². The van der Waals surface area contributed by atoms with Crippen molar-refractivity contribution < 1.29 is 4.92 Å². The number of halogens is 1. The molecule has 2 aromatic heterocycles. The molecule has 2 rings (SSSR count). The first-order chi connectivity index (χ1) is 9.90. The first-order valence-electron chi connectivity index (χ1n) is 5.97. The summed E-state index contributed by atoms with van der Waals surface area (Å²) in [6.45, 7) is 2.05. The van der Waals surface area contributed by atoms with Gasteiger partial charge in [-0.3, -0.25) is 14.9 Å². The van der Waals surface area contributed by atoms with Crippen molar-refractivity contribution in [2.45, 2.75) is 13.5 Å². The van der Waals surface area contributed by atoms with Gasteiger partial charge in [-0.05, 0) is 22.9 Å². The number of hydrogen-bond acceptors (Lipinski definition) is 6. The average Bonchev–Trinajstić information content (AvgIpc) is 2.41. The van der Waals surface area contributed by atoms with Gasteiger partial charge in [0.05, 0.1) is 22.1 Å². The molecule has 0 radical (unpaired) electrons. The van der Waals surface area contributed by atoms with E-state index >= 15 is 0 Å². The van der Waals surface area contributed by atoms with Gasteiger partial charge in [-0.1, -0.05) is 0 Å². The first-order valence-corrected chi connectivity index (χ1v) is 6.76. The van der Waals surface area contributed by atoms with Gasteiger partial charge >= 0.3 is 5.69 Å². The van der Waals surface area contributed by atoms with Crippen LogP contribution in [0, 0.1) is 17.0 Å². The maximum absolute atomic E-state index is 11.6. The molecule has 0 fully saturated rings. The molecule has 0 bridgehead atoms. The van der Waals surface area contributed by atoms with E-state index in [1.54, 1.807) is 13.1 Å². The van der Waals surface area contributed by atoms with Crippen molar-refractivity contribution in [3.05, 3.63) is 54.8 Å². The second-order valence-corrected chi connectivity index (χ2v) is 5.17. The summed E-state index contributed by atoms with van der Waals surface area (Å²) in [5.74, 6) is 1.15. The summed E-state index contributed by atoms with van der Waals surface area (Å²) in [7, 11) is 1.74. The summed E-state index contributed by atoms with van der Waals surface area (Å²) < 4.78 is 1.62. The summed E-state index contributed by atoms with van der Waals surface area (Å²) in [4.78, 5) is 30.3. The first kappa shape index (κ1) is 15.1. The van der Waals surface area contributed by atoms with Gasteiger partial charge in [0, 0.05) is 25.0 Å². The fourth-order valence-electron chi connectivity index (χ4n) is 1.79. The molecule has 1 N–H and O–H groups in total. The molecule has 0 amide bonds. The van der Waals surface area contributed by atoms with Crippen LogP contribution in [0.4, 0.5) is 11.5 Å². The highest BCUT2D eigenvalue weighted by molar-refractivity contribution is 9.10. The van der Waals surface area contributed by atoms with Gasteiger partial charge in [-0.15, -0.1) is 0 Å². The number of nitrogens with zero attached hydrogens (tertiary/aromatic N) is 4. The van der Waals surface area contributed by atoms with Gasteiger partial charge in [0.15, 0.2) is 5.82 Å². The Bertz CT molecular complexity index is 759. The topological polar surface area (TPSA) is 103 Å². The standard InChI is InChI=1S/C12H12BrN5O3/c1-7-3-10(14-2)16-11(15-7)6-17-4-8(13)12(19)9(5-17)18(20)21/h3-5H,6H2,1-2H3,(H,14,15,16). The Morgan fingerprint density at radius 1 is 1.43 bits per heavy atom. The van der Waals surface area contributed by atoms with E-state index in [-0.39, 0.29) is 11.0 Å². The molecule has 110 valence electrons. The molecule has 0 aromatic carbocycles. The van der Waals surface area contributed by atoms with Crippen LogP contribution in [-0.2, 0) is 6.54 Å². The molecular formula is C12H12BrN5O3. The number of rotatable bonds is 4. The SMILES string of the molecule is CNc1cc(C)nc(Cn2cc(Br)c(=O)c([N+](=O)[O-])c2)n1. The minimum absolute atomic E-state index is 0.123. The number of aryl methyl sites for hydroxylation is 1. The zero-order chi connectivity index (χ0) is 15.6. The number of pyridine rings is 1. The van der Waals surface area contributed by atoms with E-state index < -0.39 is 16.0 Å². The lowest BCUT2D eigenvalue weighted by Crippen LogP contribution is -2.15. The highest BCUT2D eigenvalue weighted by atomic mass is 79.9. The van der Waals surface area contributed by atoms with Crippen LogP contribution in [0.1, 0.15) is 11.5 Å². The van der Waals surface area contributed by atoms with E-state index in [0.29, 0.717) is 11.6 Å². The van der Waals surface area contributed by atoms with Crippen LogP contribution in [0.15, 0.2) is 27.7 Å². The number of hydrogen-bond donors (Lipinski definition) is 1. The number of nitro groups is 1. The van der Waals surface area contributed by atoms with Gasteiger partial charge in [-0.25, -0.2) is 9.97 Å². The fraction of sp³-hybridized carbons (Fsp3) is 0.250. The van der Waals surface area contributed by atoms with E-state index in [4.69, 9.17) is 0 Å². The predicted octanol–water partition coefficient (Wildman–Crippen LogP) is 1.71. The van der Waals surface area contributed by atoms with Crippen LogP contribution in [0.25, 0.3) is 0 Å². The fourth-order valence-corrected chi connectivity index (χ4v) is 2.26. The van der Waals surface area contributed by atoms with Crippen LogP contribution < -0.4 is 10.7 Å². The normalized spacial score (nSPS) is 10.4. The molecule has 0 atom stereocenters. The van der Waals surface area contributed by atoms with Crippen LogP contribution in [0.5, 0.6) is 0 Å². The summed E-state index contributed by atoms with van der Waals surface area (Å²) in [5, 5.41) is 13.8. The molecule has 8 nitrogen and oxygen atoms in total.